The van der Waals surface area contributed by atoms with Crippen LogP contribution < -0.4 is 5.73 Å². The third-order valence-corrected chi connectivity index (χ3v) is 5.15. The normalized spacial score (nSPS) is 35.1. The second-order valence-corrected chi connectivity index (χ2v) is 6.19. The summed E-state index contributed by atoms with van der Waals surface area (Å²) in [6.45, 7) is 9.26. The first-order valence-electron chi connectivity index (χ1n) is 6.81. The summed E-state index contributed by atoms with van der Waals surface area (Å²) in [5, 5.41) is 10.5. The Labute approximate surface area is 101 Å². The molecular formula is C14H29NO. The number of aliphatic hydroxyl groups is 1. The van der Waals surface area contributed by atoms with Crippen LogP contribution in [0.4, 0.5) is 0 Å². The molecule has 2 nitrogen and oxygen atoms in total. The zero-order chi connectivity index (χ0) is 12.4. The largest absolute Gasteiger partial charge is 0.390 e. The zero-order valence-electron chi connectivity index (χ0n) is 11.4. The molecule has 0 aliphatic heterocycles. The lowest BCUT2D eigenvalue weighted by Crippen LogP contribution is -2.52. The Kier molecular flexibility index (Phi) is 4.42. The predicted molar refractivity (Wildman–Crippen MR) is 69.2 cm³/mol. The van der Waals surface area contributed by atoms with Crippen LogP contribution >= 0.6 is 0 Å². The average molecular weight is 227 g/mol. The van der Waals surface area contributed by atoms with Crippen LogP contribution in [0.1, 0.15) is 59.8 Å². The van der Waals surface area contributed by atoms with Gasteiger partial charge in [-0.2, -0.15) is 0 Å². The molecule has 0 aromatic rings. The van der Waals surface area contributed by atoms with E-state index in [2.05, 4.69) is 20.8 Å². The topological polar surface area (TPSA) is 46.2 Å². The highest BCUT2D eigenvalue weighted by Gasteiger charge is 2.46. The van der Waals surface area contributed by atoms with Crippen molar-refractivity contribution in [3.8, 4) is 0 Å². The molecule has 0 bridgehead atoms. The maximum atomic E-state index is 10.5. The summed E-state index contributed by atoms with van der Waals surface area (Å²) in [6, 6.07) is 0. The first kappa shape index (κ1) is 14.0. The van der Waals surface area contributed by atoms with E-state index in [1.165, 1.54) is 12.8 Å². The summed E-state index contributed by atoms with van der Waals surface area (Å²) in [5.41, 5.74) is 5.33. The highest BCUT2D eigenvalue weighted by molar-refractivity contribution is 4.99. The van der Waals surface area contributed by atoms with Crippen molar-refractivity contribution in [3.63, 3.8) is 0 Å². The molecule has 96 valence electrons. The van der Waals surface area contributed by atoms with Gasteiger partial charge in [0.15, 0.2) is 0 Å². The molecule has 1 unspecified atom stereocenters. The van der Waals surface area contributed by atoms with Crippen LogP contribution in [0.15, 0.2) is 0 Å². The molecule has 1 aliphatic carbocycles. The third kappa shape index (κ3) is 2.43. The minimum absolute atomic E-state index is 0.0346. The van der Waals surface area contributed by atoms with Crippen molar-refractivity contribution in [3.05, 3.63) is 0 Å². The molecule has 0 aromatic heterocycles. The summed E-state index contributed by atoms with van der Waals surface area (Å²) in [7, 11) is 0. The fourth-order valence-electron chi connectivity index (χ4n) is 3.20. The van der Waals surface area contributed by atoms with Gasteiger partial charge in [-0.3, -0.25) is 0 Å². The maximum Gasteiger partial charge on any atom is 0.0685 e. The highest BCUT2D eigenvalue weighted by atomic mass is 16.3. The fraction of sp³-hybridized carbons (Fsp3) is 1.00. The Morgan fingerprint density at radius 3 is 2.19 bits per heavy atom. The first-order valence-corrected chi connectivity index (χ1v) is 6.81. The molecule has 1 fully saturated rings. The number of rotatable bonds is 4. The van der Waals surface area contributed by atoms with Crippen molar-refractivity contribution in [1.82, 2.24) is 0 Å². The smallest absolute Gasteiger partial charge is 0.0685 e. The van der Waals surface area contributed by atoms with E-state index in [4.69, 9.17) is 5.73 Å². The third-order valence-electron chi connectivity index (χ3n) is 5.15. The van der Waals surface area contributed by atoms with Gasteiger partial charge in [0.2, 0.25) is 0 Å². The highest BCUT2D eigenvalue weighted by Crippen LogP contribution is 2.48. The molecule has 0 saturated heterocycles. The second kappa shape index (κ2) is 5.05. The maximum absolute atomic E-state index is 10.5. The van der Waals surface area contributed by atoms with Crippen molar-refractivity contribution in [1.29, 1.82) is 0 Å². The Bertz CT molecular complexity index is 215. The standard InChI is InChI=1S/C14H29NO/c1-5-13(4,16)14(10-15)8-6-12(7-9-14)11(2)3/h11-12,16H,5-10,15H2,1-4H3. The second-order valence-electron chi connectivity index (χ2n) is 6.19. The molecule has 0 spiro atoms. The van der Waals surface area contributed by atoms with E-state index in [0.29, 0.717) is 6.54 Å². The fourth-order valence-corrected chi connectivity index (χ4v) is 3.20. The van der Waals surface area contributed by atoms with Gasteiger partial charge in [0.1, 0.15) is 0 Å². The van der Waals surface area contributed by atoms with E-state index in [1.807, 2.05) is 6.92 Å². The van der Waals surface area contributed by atoms with Gasteiger partial charge in [0.05, 0.1) is 5.60 Å². The molecular weight excluding hydrogens is 198 g/mol. The first-order chi connectivity index (χ1) is 7.38. The number of hydrogen-bond donors (Lipinski definition) is 2. The van der Waals surface area contributed by atoms with Gasteiger partial charge in [-0.25, -0.2) is 0 Å². The lowest BCUT2D eigenvalue weighted by Gasteiger charge is -2.49. The summed E-state index contributed by atoms with van der Waals surface area (Å²) in [5.74, 6) is 1.59. The van der Waals surface area contributed by atoms with E-state index in [-0.39, 0.29) is 5.41 Å². The lowest BCUT2D eigenvalue weighted by molar-refractivity contribution is -0.0961. The van der Waals surface area contributed by atoms with Gasteiger partial charge < -0.3 is 10.8 Å². The van der Waals surface area contributed by atoms with E-state index < -0.39 is 5.60 Å². The molecule has 1 rings (SSSR count). The lowest BCUT2D eigenvalue weighted by atomic mass is 9.60. The minimum Gasteiger partial charge on any atom is -0.390 e. The molecule has 0 radical (unpaired) electrons. The van der Waals surface area contributed by atoms with Crippen LogP contribution in [0.25, 0.3) is 0 Å². The zero-order valence-corrected chi connectivity index (χ0v) is 11.4. The molecule has 3 N–H and O–H groups in total. The van der Waals surface area contributed by atoms with Crippen LogP contribution in [-0.2, 0) is 0 Å². The Morgan fingerprint density at radius 1 is 1.38 bits per heavy atom. The molecule has 0 aromatic carbocycles. The molecule has 1 aliphatic rings. The number of nitrogens with two attached hydrogens (primary N) is 1. The molecule has 1 saturated carbocycles. The van der Waals surface area contributed by atoms with Crippen LogP contribution in [0.5, 0.6) is 0 Å². The van der Waals surface area contributed by atoms with Crippen molar-refractivity contribution in [2.24, 2.45) is 23.0 Å². The van der Waals surface area contributed by atoms with E-state index in [9.17, 15) is 5.11 Å². The summed E-state index contributed by atoms with van der Waals surface area (Å²) in [4.78, 5) is 0. The van der Waals surface area contributed by atoms with Gasteiger partial charge in [0, 0.05) is 12.0 Å². The molecule has 0 amide bonds. The van der Waals surface area contributed by atoms with E-state index in [1.54, 1.807) is 0 Å². The van der Waals surface area contributed by atoms with E-state index in [0.717, 1.165) is 31.1 Å². The Hall–Kier alpha value is -0.0800. The van der Waals surface area contributed by atoms with Crippen LogP contribution in [0, 0.1) is 17.3 Å². The van der Waals surface area contributed by atoms with Crippen LogP contribution in [0.2, 0.25) is 0 Å². The minimum atomic E-state index is -0.594. The number of hydrogen-bond acceptors (Lipinski definition) is 2. The van der Waals surface area contributed by atoms with Gasteiger partial charge in [0.25, 0.3) is 0 Å². The van der Waals surface area contributed by atoms with Gasteiger partial charge in [-0.15, -0.1) is 0 Å². The average Bonchev–Trinajstić information content (AvgIpc) is 2.28. The van der Waals surface area contributed by atoms with Crippen molar-refractivity contribution < 1.29 is 5.11 Å². The van der Waals surface area contributed by atoms with Crippen molar-refractivity contribution in [2.75, 3.05) is 6.54 Å². The quantitative estimate of drug-likeness (QED) is 0.775. The van der Waals surface area contributed by atoms with Crippen LogP contribution in [-0.4, -0.2) is 17.3 Å². The molecule has 0 heterocycles. The Balaban J connectivity index is 2.73. The summed E-state index contributed by atoms with van der Waals surface area (Å²) >= 11 is 0. The SMILES string of the molecule is CCC(C)(O)C1(CN)CCC(C(C)C)CC1. The van der Waals surface area contributed by atoms with Crippen molar-refractivity contribution in [2.45, 2.75) is 65.4 Å². The monoisotopic (exact) mass is 227 g/mol. The Morgan fingerprint density at radius 2 is 1.88 bits per heavy atom. The van der Waals surface area contributed by atoms with Gasteiger partial charge in [-0.05, 0) is 50.9 Å². The molecule has 2 heteroatoms. The molecule has 16 heavy (non-hydrogen) atoms. The predicted octanol–water partition coefficient (Wildman–Crippen LogP) is 2.94. The van der Waals surface area contributed by atoms with Gasteiger partial charge in [-0.1, -0.05) is 20.8 Å². The van der Waals surface area contributed by atoms with Gasteiger partial charge >= 0.3 is 0 Å². The van der Waals surface area contributed by atoms with Crippen molar-refractivity contribution >= 4 is 0 Å². The summed E-state index contributed by atoms with van der Waals surface area (Å²) < 4.78 is 0. The summed E-state index contributed by atoms with van der Waals surface area (Å²) in [6.07, 6.45) is 5.44. The van der Waals surface area contributed by atoms with E-state index >= 15 is 0 Å². The van der Waals surface area contributed by atoms with Crippen LogP contribution in [0.3, 0.4) is 0 Å². The molecule has 1 atom stereocenters.